The number of halogens is 1. The number of benzene rings is 1. The molecule has 0 bridgehead atoms. The van der Waals surface area contributed by atoms with Crippen LogP contribution in [-0.4, -0.2) is 32.8 Å². The molecule has 0 aliphatic heterocycles. The fourth-order valence-corrected chi connectivity index (χ4v) is 1.62. The van der Waals surface area contributed by atoms with Gasteiger partial charge in [0.25, 0.3) is 0 Å². The van der Waals surface area contributed by atoms with Crippen molar-refractivity contribution in [3.05, 3.63) is 23.5 Å². The molecule has 0 amide bonds. The molecule has 1 atom stereocenters. The highest BCUT2D eigenvalue weighted by molar-refractivity contribution is 5.75. The van der Waals surface area contributed by atoms with E-state index in [0.717, 1.165) is 0 Å². The van der Waals surface area contributed by atoms with Crippen LogP contribution in [0, 0.1) is 5.82 Å². The average Bonchev–Trinajstić information content (AvgIpc) is 2.40. The summed E-state index contributed by atoms with van der Waals surface area (Å²) in [7, 11) is 2.87. The predicted octanol–water partition coefficient (Wildman–Crippen LogP) is 1.28. The summed E-state index contributed by atoms with van der Waals surface area (Å²) in [6.07, 6.45) is 0.0328. The van der Waals surface area contributed by atoms with Gasteiger partial charge in [-0.3, -0.25) is 4.79 Å². The van der Waals surface area contributed by atoms with Gasteiger partial charge in [-0.25, -0.2) is 4.39 Å². The Morgan fingerprint density at radius 3 is 2.42 bits per heavy atom. The summed E-state index contributed by atoms with van der Waals surface area (Å²) in [4.78, 5) is 11.4. The Labute approximate surface area is 111 Å². The number of carbonyl (C=O) groups excluding carboxylic acids is 1. The summed E-state index contributed by atoms with van der Waals surface area (Å²) in [5.41, 5.74) is 5.93. The molecule has 5 nitrogen and oxygen atoms in total. The Bertz CT molecular complexity index is 451. The summed E-state index contributed by atoms with van der Waals surface area (Å²) in [6.45, 7) is 1.92. The average molecular weight is 271 g/mol. The van der Waals surface area contributed by atoms with E-state index in [-0.39, 0.29) is 24.3 Å². The van der Waals surface area contributed by atoms with Crippen LogP contribution in [0.5, 0.6) is 11.5 Å². The SMILES string of the molecule is CCOC(=O)C(N)Cc1cc(OC)c(OC)cc1F. The van der Waals surface area contributed by atoms with Crippen molar-refractivity contribution in [2.75, 3.05) is 20.8 Å². The van der Waals surface area contributed by atoms with Gasteiger partial charge in [-0.2, -0.15) is 0 Å². The molecular weight excluding hydrogens is 253 g/mol. The summed E-state index contributed by atoms with van der Waals surface area (Å²) >= 11 is 0. The van der Waals surface area contributed by atoms with Gasteiger partial charge in [0.15, 0.2) is 11.5 Å². The van der Waals surface area contributed by atoms with E-state index in [1.54, 1.807) is 6.92 Å². The molecule has 0 fully saturated rings. The first-order chi connectivity index (χ1) is 9.03. The maximum Gasteiger partial charge on any atom is 0.323 e. The standard InChI is InChI=1S/C13H18FNO4/c1-4-19-13(16)10(15)5-8-6-11(17-2)12(18-3)7-9(8)14/h6-7,10H,4-5,15H2,1-3H3. The minimum atomic E-state index is -0.910. The third kappa shape index (κ3) is 3.82. The van der Waals surface area contributed by atoms with E-state index in [1.165, 1.54) is 26.4 Å². The Morgan fingerprint density at radius 1 is 1.32 bits per heavy atom. The molecule has 0 aromatic heterocycles. The lowest BCUT2D eigenvalue weighted by molar-refractivity contribution is -0.144. The largest absolute Gasteiger partial charge is 0.493 e. The third-order valence-electron chi connectivity index (χ3n) is 2.58. The lowest BCUT2D eigenvalue weighted by Gasteiger charge is -2.14. The molecule has 0 saturated carbocycles. The van der Waals surface area contributed by atoms with Crippen molar-refractivity contribution in [3.63, 3.8) is 0 Å². The Balaban J connectivity index is 2.92. The summed E-state index contributed by atoms with van der Waals surface area (Å²) in [5.74, 6) is -0.391. The molecule has 0 aliphatic rings. The lowest BCUT2D eigenvalue weighted by Crippen LogP contribution is -2.34. The third-order valence-corrected chi connectivity index (χ3v) is 2.58. The number of hydrogen-bond acceptors (Lipinski definition) is 5. The lowest BCUT2D eigenvalue weighted by atomic mass is 10.1. The molecule has 0 heterocycles. The fraction of sp³-hybridized carbons (Fsp3) is 0.462. The molecule has 0 saturated heterocycles. The molecule has 2 N–H and O–H groups in total. The molecule has 19 heavy (non-hydrogen) atoms. The second-order valence-corrected chi connectivity index (χ2v) is 3.86. The zero-order valence-electron chi connectivity index (χ0n) is 11.2. The maximum atomic E-state index is 13.8. The molecule has 0 radical (unpaired) electrons. The Morgan fingerprint density at radius 2 is 1.89 bits per heavy atom. The van der Waals surface area contributed by atoms with Crippen LogP contribution in [0.3, 0.4) is 0 Å². The molecule has 1 unspecified atom stereocenters. The molecule has 6 heteroatoms. The first kappa shape index (κ1) is 15.2. The van der Waals surface area contributed by atoms with Gasteiger partial charge in [-0.05, 0) is 18.6 Å². The van der Waals surface area contributed by atoms with E-state index in [1.807, 2.05) is 0 Å². The van der Waals surface area contributed by atoms with Crippen LogP contribution < -0.4 is 15.2 Å². The monoisotopic (exact) mass is 271 g/mol. The van der Waals surface area contributed by atoms with Crippen LogP contribution in [0.15, 0.2) is 12.1 Å². The topological polar surface area (TPSA) is 70.8 Å². The molecule has 106 valence electrons. The van der Waals surface area contributed by atoms with Crippen LogP contribution in [-0.2, 0) is 16.0 Å². The predicted molar refractivity (Wildman–Crippen MR) is 67.8 cm³/mol. The van der Waals surface area contributed by atoms with Gasteiger partial charge >= 0.3 is 5.97 Å². The zero-order valence-corrected chi connectivity index (χ0v) is 11.2. The molecule has 0 spiro atoms. The minimum Gasteiger partial charge on any atom is -0.493 e. The van der Waals surface area contributed by atoms with E-state index in [2.05, 4.69) is 0 Å². The van der Waals surface area contributed by atoms with Crippen LogP contribution in [0.1, 0.15) is 12.5 Å². The van der Waals surface area contributed by atoms with Crippen LogP contribution >= 0.6 is 0 Å². The van der Waals surface area contributed by atoms with Gasteiger partial charge in [0.05, 0.1) is 20.8 Å². The number of hydrogen-bond donors (Lipinski definition) is 1. The van der Waals surface area contributed by atoms with Crippen molar-refractivity contribution < 1.29 is 23.4 Å². The Kier molecular flexibility index (Phi) is 5.57. The van der Waals surface area contributed by atoms with Gasteiger partial charge in [0.1, 0.15) is 11.9 Å². The maximum absolute atomic E-state index is 13.8. The number of carbonyl (C=O) groups is 1. The number of ether oxygens (including phenoxy) is 3. The zero-order chi connectivity index (χ0) is 14.4. The van der Waals surface area contributed by atoms with Crippen molar-refractivity contribution >= 4 is 5.97 Å². The van der Waals surface area contributed by atoms with E-state index in [9.17, 15) is 9.18 Å². The van der Waals surface area contributed by atoms with Crippen molar-refractivity contribution in [1.29, 1.82) is 0 Å². The summed E-state index contributed by atoms with van der Waals surface area (Å²) in [5, 5.41) is 0. The smallest absolute Gasteiger partial charge is 0.323 e. The van der Waals surface area contributed by atoms with Gasteiger partial charge in [-0.15, -0.1) is 0 Å². The molecule has 1 rings (SSSR count). The summed E-state index contributed by atoms with van der Waals surface area (Å²) < 4.78 is 28.6. The van der Waals surface area contributed by atoms with Crippen molar-refractivity contribution in [2.45, 2.75) is 19.4 Å². The van der Waals surface area contributed by atoms with Gasteiger partial charge in [0.2, 0.25) is 0 Å². The first-order valence-electron chi connectivity index (χ1n) is 5.86. The van der Waals surface area contributed by atoms with Crippen LogP contribution in [0.25, 0.3) is 0 Å². The second kappa shape index (κ2) is 6.94. The van der Waals surface area contributed by atoms with Crippen molar-refractivity contribution in [1.82, 2.24) is 0 Å². The second-order valence-electron chi connectivity index (χ2n) is 3.86. The van der Waals surface area contributed by atoms with E-state index < -0.39 is 17.8 Å². The van der Waals surface area contributed by atoms with Gasteiger partial charge in [-0.1, -0.05) is 0 Å². The molecule has 1 aromatic rings. The molecule has 0 aliphatic carbocycles. The highest BCUT2D eigenvalue weighted by atomic mass is 19.1. The minimum absolute atomic E-state index is 0.0328. The normalized spacial score (nSPS) is 11.8. The van der Waals surface area contributed by atoms with Crippen molar-refractivity contribution in [3.8, 4) is 11.5 Å². The highest BCUT2D eigenvalue weighted by Gasteiger charge is 2.19. The Hall–Kier alpha value is -1.82. The summed E-state index contributed by atoms with van der Waals surface area (Å²) in [6, 6.07) is 1.76. The first-order valence-corrected chi connectivity index (χ1v) is 5.86. The van der Waals surface area contributed by atoms with Crippen LogP contribution in [0.2, 0.25) is 0 Å². The number of nitrogens with two attached hydrogens (primary N) is 1. The number of methoxy groups -OCH3 is 2. The van der Waals surface area contributed by atoms with E-state index >= 15 is 0 Å². The molecular formula is C13H18FNO4. The van der Waals surface area contributed by atoms with Gasteiger partial charge in [0, 0.05) is 12.5 Å². The van der Waals surface area contributed by atoms with E-state index in [0.29, 0.717) is 5.75 Å². The number of esters is 1. The fourth-order valence-electron chi connectivity index (χ4n) is 1.62. The van der Waals surface area contributed by atoms with Crippen LogP contribution in [0.4, 0.5) is 4.39 Å². The van der Waals surface area contributed by atoms with Gasteiger partial charge < -0.3 is 19.9 Å². The van der Waals surface area contributed by atoms with Crippen molar-refractivity contribution in [2.24, 2.45) is 5.73 Å². The number of rotatable bonds is 6. The quantitative estimate of drug-likeness (QED) is 0.789. The molecule has 1 aromatic carbocycles. The van der Waals surface area contributed by atoms with E-state index in [4.69, 9.17) is 19.9 Å². The highest BCUT2D eigenvalue weighted by Crippen LogP contribution is 2.30.